The second-order valence-electron chi connectivity index (χ2n) is 7.71. The molecule has 0 unspecified atom stereocenters. The molecular formula is C19H22FN7O3S. The Hall–Kier alpha value is -3.41. The lowest BCUT2D eigenvalue weighted by molar-refractivity contribution is 0.128. The van der Waals surface area contributed by atoms with Gasteiger partial charge >= 0.3 is 6.09 Å². The number of aryl methyl sites for hydroxylation is 2. The zero-order chi connectivity index (χ0) is 22.8. The maximum absolute atomic E-state index is 13.7. The Labute approximate surface area is 182 Å². The van der Waals surface area contributed by atoms with E-state index in [1.807, 2.05) is 0 Å². The van der Waals surface area contributed by atoms with Crippen LogP contribution in [0.5, 0.6) is 0 Å². The van der Waals surface area contributed by atoms with Crippen LogP contribution in [-0.2, 0) is 18.5 Å². The van der Waals surface area contributed by atoms with Crippen LogP contribution in [0, 0.1) is 12.7 Å². The van der Waals surface area contributed by atoms with Gasteiger partial charge in [-0.1, -0.05) is 5.16 Å². The van der Waals surface area contributed by atoms with E-state index in [0.29, 0.717) is 33.5 Å². The molecule has 0 aliphatic heterocycles. The Balaban J connectivity index is 1.84. The second kappa shape index (κ2) is 8.76. The van der Waals surface area contributed by atoms with Gasteiger partial charge in [-0.2, -0.15) is 0 Å². The minimum Gasteiger partial charge on any atom is -0.465 e. The van der Waals surface area contributed by atoms with Crippen LogP contribution in [0.2, 0.25) is 0 Å². The van der Waals surface area contributed by atoms with Gasteiger partial charge in [-0.15, -0.1) is 16.4 Å². The lowest BCUT2D eigenvalue weighted by atomic mass is 10.1. The Morgan fingerprint density at radius 1 is 1.39 bits per heavy atom. The fraction of sp³-hybridized carbons (Fsp3) is 0.368. The van der Waals surface area contributed by atoms with Crippen molar-refractivity contribution in [1.82, 2.24) is 25.2 Å². The van der Waals surface area contributed by atoms with Crippen LogP contribution in [0.1, 0.15) is 43.4 Å². The summed E-state index contributed by atoms with van der Waals surface area (Å²) < 4.78 is 15.1. The smallest absolute Gasteiger partial charge is 0.414 e. The molecule has 31 heavy (non-hydrogen) atoms. The van der Waals surface area contributed by atoms with Crippen molar-refractivity contribution in [2.75, 3.05) is 4.90 Å². The van der Waals surface area contributed by atoms with Crippen molar-refractivity contribution in [2.45, 2.75) is 39.8 Å². The monoisotopic (exact) mass is 447 g/mol. The minimum atomic E-state index is -1.09. The Kier molecular flexibility index (Phi) is 6.29. The summed E-state index contributed by atoms with van der Waals surface area (Å²) in [4.78, 5) is 22.7. The van der Waals surface area contributed by atoms with Crippen LogP contribution >= 0.6 is 11.3 Å². The van der Waals surface area contributed by atoms with E-state index < -0.39 is 11.6 Å². The summed E-state index contributed by atoms with van der Waals surface area (Å²) in [6.45, 7) is 7.01. The molecule has 0 atom stereocenters. The molecule has 0 aliphatic rings. The number of oxime groups is 1. The summed E-state index contributed by atoms with van der Waals surface area (Å²) in [7, 11) is 1.65. The molecule has 3 rings (SSSR count). The molecule has 164 valence electrons. The number of aromatic nitrogens is 5. The lowest BCUT2D eigenvalue weighted by Crippen LogP contribution is -2.45. The highest BCUT2D eigenvalue weighted by molar-refractivity contribution is 7.14. The molecule has 0 radical (unpaired) electrons. The van der Waals surface area contributed by atoms with Gasteiger partial charge < -0.3 is 9.94 Å². The molecule has 0 bridgehead atoms. The number of carboxylic acid groups (broad SMARTS) is 1. The standard InChI is InChI=1S/C19H22FN7O3S/c1-11-8-12(6-7-14(11)20)15(16-22-24-25-26(16)5)23-30-9-13-10-31-17(21-13)27(18(28)29)19(2,3)4/h6-8,10H,9H2,1-5H3,(H,28,29). The number of nitrogens with zero attached hydrogens (tertiary/aromatic N) is 7. The number of rotatable bonds is 6. The highest BCUT2D eigenvalue weighted by Crippen LogP contribution is 2.28. The van der Waals surface area contributed by atoms with Crippen LogP contribution in [-0.4, -0.2) is 47.6 Å². The number of anilines is 1. The van der Waals surface area contributed by atoms with Crippen LogP contribution in [0.4, 0.5) is 14.3 Å². The highest BCUT2D eigenvalue weighted by Gasteiger charge is 2.30. The summed E-state index contributed by atoms with van der Waals surface area (Å²) in [5.41, 5.74) is 1.23. The maximum atomic E-state index is 13.7. The zero-order valence-electron chi connectivity index (χ0n) is 17.7. The number of hydrogen-bond donors (Lipinski definition) is 1. The minimum absolute atomic E-state index is 0.00303. The van der Waals surface area contributed by atoms with E-state index in [4.69, 9.17) is 4.84 Å². The van der Waals surface area contributed by atoms with Crippen LogP contribution < -0.4 is 4.90 Å². The third-order valence-corrected chi connectivity index (χ3v) is 5.10. The molecule has 12 heteroatoms. The van der Waals surface area contributed by atoms with E-state index in [1.54, 1.807) is 52.3 Å². The predicted octanol–water partition coefficient (Wildman–Crippen LogP) is 3.37. The Morgan fingerprint density at radius 3 is 2.71 bits per heavy atom. The van der Waals surface area contributed by atoms with E-state index in [1.165, 1.54) is 27.0 Å². The van der Waals surface area contributed by atoms with Gasteiger partial charge in [0.1, 0.15) is 5.82 Å². The van der Waals surface area contributed by atoms with Gasteiger partial charge in [0.25, 0.3) is 0 Å². The predicted molar refractivity (Wildman–Crippen MR) is 113 cm³/mol. The van der Waals surface area contributed by atoms with Crippen LogP contribution in [0.25, 0.3) is 0 Å². The summed E-state index contributed by atoms with van der Waals surface area (Å²) in [5, 5.41) is 27.1. The van der Waals surface area contributed by atoms with Gasteiger partial charge in [0.15, 0.2) is 17.5 Å². The fourth-order valence-electron chi connectivity index (χ4n) is 2.73. The summed E-state index contributed by atoms with van der Waals surface area (Å²) in [5.74, 6) is 0.00621. The van der Waals surface area contributed by atoms with Gasteiger partial charge in [0.05, 0.1) is 5.69 Å². The molecule has 1 amide bonds. The molecule has 0 saturated heterocycles. The maximum Gasteiger partial charge on any atom is 0.414 e. The Morgan fingerprint density at radius 2 is 2.13 bits per heavy atom. The highest BCUT2D eigenvalue weighted by atomic mass is 32.1. The number of thiazole rings is 1. The number of amides is 1. The molecule has 1 aromatic carbocycles. The average molecular weight is 447 g/mol. The van der Waals surface area contributed by atoms with Crippen molar-refractivity contribution in [1.29, 1.82) is 0 Å². The molecule has 2 aromatic heterocycles. The number of benzene rings is 1. The van der Waals surface area contributed by atoms with Crippen molar-refractivity contribution in [3.63, 3.8) is 0 Å². The molecule has 10 nitrogen and oxygen atoms in total. The van der Waals surface area contributed by atoms with Crippen LogP contribution in [0.15, 0.2) is 28.7 Å². The number of carbonyl (C=O) groups is 1. The summed E-state index contributed by atoms with van der Waals surface area (Å²) in [6, 6.07) is 4.53. The first-order valence-corrected chi connectivity index (χ1v) is 10.1. The van der Waals surface area contributed by atoms with E-state index in [9.17, 15) is 14.3 Å². The lowest BCUT2D eigenvalue weighted by Gasteiger charge is -2.30. The number of hydrogen-bond acceptors (Lipinski definition) is 8. The van der Waals surface area contributed by atoms with Crippen LogP contribution in [0.3, 0.4) is 0 Å². The molecule has 0 fully saturated rings. The third-order valence-electron chi connectivity index (χ3n) is 4.22. The van der Waals surface area contributed by atoms with E-state index in [2.05, 4.69) is 25.7 Å². The fourth-order valence-corrected chi connectivity index (χ4v) is 3.72. The SMILES string of the molecule is Cc1cc(C(=NOCc2csc(N(C(=O)O)C(C)(C)C)n2)c2nnnn2C)ccc1F. The second-order valence-corrected chi connectivity index (χ2v) is 8.55. The Bertz CT molecular complexity index is 1120. The van der Waals surface area contributed by atoms with E-state index in [0.717, 1.165) is 0 Å². The quantitative estimate of drug-likeness (QED) is 0.454. The van der Waals surface area contributed by atoms with E-state index >= 15 is 0 Å². The van der Waals surface area contributed by atoms with Gasteiger partial charge in [0, 0.05) is 23.5 Å². The average Bonchev–Trinajstić information content (AvgIpc) is 3.29. The number of halogens is 1. The van der Waals surface area contributed by atoms with Crippen molar-refractivity contribution in [3.8, 4) is 0 Å². The van der Waals surface area contributed by atoms with Crippen molar-refractivity contribution < 1.29 is 19.1 Å². The molecule has 3 aromatic rings. The van der Waals surface area contributed by atoms with Crippen molar-refractivity contribution >= 4 is 28.3 Å². The van der Waals surface area contributed by atoms with Gasteiger partial charge in [0.2, 0.25) is 5.82 Å². The molecule has 0 aliphatic carbocycles. The topological polar surface area (TPSA) is 119 Å². The third kappa shape index (κ3) is 5.02. The summed E-state index contributed by atoms with van der Waals surface area (Å²) in [6.07, 6.45) is -1.09. The first-order valence-electron chi connectivity index (χ1n) is 9.24. The van der Waals surface area contributed by atoms with Gasteiger partial charge in [-0.05, 0) is 61.9 Å². The number of tetrazole rings is 1. The van der Waals surface area contributed by atoms with Gasteiger partial charge in [-0.3, -0.25) is 0 Å². The molecule has 0 spiro atoms. The summed E-state index contributed by atoms with van der Waals surface area (Å²) >= 11 is 1.20. The zero-order valence-corrected chi connectivity index (χ0v) is 18.5. The van der Waals surface area contributed by atoms with Gasteiger partial charge in [-0.25, -0.2) is 23.8 Å². The first-order chi connectivity index (χ1) is 14.6. The largest absolute Gasteiger partial charge is 0.465 e. The normalized spacial score (nSPS) is 12.1. The first kappa shape index (κ1) is 22.3. The molecule has 0 saturated carbocycles. The van der Waals surface area contributed by atoms with Crippen molar-refractivity contribution in [3.05, 3.63) is 52.0 Å². The molecular weight excluding hydrogens is 425 g/mol. The van der Waals surface area contributed by atoms with Crippen molar-refractivity contribution in [2.24, 2.45) is 12.2 Å². The molecule has 2 heterocycles. The molecule has 1 N–H and O–H groups in total. The van der Waals surface area contributed by atoms with E-state index in [-0.39, 0.29) is 12.4 Å².